The molecule has 0 spiro atoms. The predicted octanol–water partition coefficient (Wildman–Crippen LogP) is 2.30. The first kappa shape index (κ1) is 13.7. The summed E-state index contributed by atoms with van der Waals surface area (Å²) in [7, 11) is 1.26. The third kappa shape index (κ3) is 2.64. The molecule has 2 aromatic heterocycles. The zero-order valence-corrected chi connectivity index (χ0v) is 11.7. The molecule has 0 bridgehead atoms. The van der Waals surface area contributed by atoms with Crippen LogP contribution in [-0.2, 0) is 4.74 Å². The number of anilines is 1. The van der Waals surface area contributed by atoms with Gasteiger partial charge in [-0.1, -0.05) is 24.3 Å². The van der Waals surface area contributed by atoms with Gasteiger partial charge in [0.25, 0.3) is 0 Å². The molecule has 0 saturated carbocycles. The summed E-state index contributed by atoms with van der Waals surface area (Å²) in [6.45, 7) is 0. The Labute approximate surface area is 125 Å². The van der Waals surface area contributed by atoms with E-state index in [1.807, 2.05) is 24.3 Å². The molecule has 1 aromatic carbocycles. The van der Waals surface area contributed by atoms with Gasteiger partial charge in [0, 0.05) is 12.4 Å². The smallest absolute Gasteiger partial charge is 0.358 e. The van der Waals surface area contributed by atoms with E-state index in [1.165, 1.54) is 23.8 Å². The molecule has 1 N–H and O–H groups in total. The van der Waals surface area contributed by atoms with Crippen LogP contribution in [0.4, 0.5) is 10.6 Å². The molecule has 0 aliphatic carbocycles. The van der Waals surface area contributed by atoms with Crippen molar-refractivity contribution in [2.75, 3.05) is 12.4 Å². The number of hydrogen-bond acceptors (Lipinski definition) is 5. The molecule has 0 saturated heterocycles. The highest BCUT2D eigenvalue weighted by molar-refractivity contribution is 5.95. The van der Waals surface area contributed by atoms with E-state index in [0.717, 1.165) is 10.8 Å². The van der Waals surface area contributed by atoms with Gasteiger partial charge in [-0.25, -0.2) is 9.59 Å². The summed E-state index contributed by atoms with van der Waals surface area (Å²) in [4.78, 5) is 23.4. The van der Waals surface area contributed by atoms with Crippen molar-refractivity contribution in [3.63, 3.8) is 0 Å². The maximum absolute atomic E-state index is 12.2. The van der Waals surface area contributed by atoms with E-state index >= 15 is 0 Å². The standard InChI is InChI=1S/C15H12N4O3/c1-22-14(20)12-6-7-13(18-17-12)16-15(21)19-8-10-4-2-3-5-11(10)9-19/h2-9H,1H3,(H,16,18,21). The number of hydrogen-bond donors (Lipinski definition) is 1. The minimum atomic E-state index is -0.581. The topological polar surface area (TPSA) is 86.1 Å². The van der Waals surface area contributed by atoms with Gasteiger partial charge in [-0.3, -0.25) is 9.88 Å². The fourth-order valence-corrected chi connectivity index (χ4v) is 1.99. The number of fused-ring (bicyclic) bond motifs is 1. The number of carbonyl (C=O) groups excluding carboxylic acids is 2. The molecule has 0 radical (unpaired) electrons. The molecule has 3 rings (SSSR count). The lowest BCUT2D eigenvalue weighted by Crippen LogP contribution is -2.19. The normalized spacial score (nSPS) is 10.4. The quantitative estimate of drug-likeness (QED) is 0.733. The van der Waals surface area contributed by atoms with Crippen molar-refractivity contribution >= 4 is 28.6 Å². The number of rotatable bonds is 2. The summed E-state index contributed by atoms with van der Waals surface area (Å²) in [6.07, 6.45) is 3.45. The highest BCUT2D eigenvalue weighted by Crippen LogP contribution is 2.15. The first-order chi connectivity index (χ1) is 10.7. The summed E-state index contributed by atoms with van der Waals surface area (Å²) in [5.74, 6) is -0.336. The van der Waals surface area contributed by atoms with Gasteiger partial charge in [0.1, 0.15) is 0 Å². The van der Waals surface area contributed by atoms with E-state index in [0.29, 0.717) is 0 Å². The molecule has 22 heavy (non-hydrogen) atoms. The number of esters is 1. The number of amides is 1. The Kier molecular flexibility index (Phi) is 3.53. The van der Waals surface area contributed by atoms with Crippen molar-refractivity contribution in [2.45, 2.75) is 0 Å². The predicted molar refractivity (Wildman–Crippen MR) is 79.7 cm³/mol. The second kappa shape index (κ2) is 5.65. The second-order valence-electron chi connectivity index (χ2n) is 4.52. The zero-order valence-electron chi connectivity index (χ0n) is 11.7. The maximum atomic E-state index is 12.2. The second-order valence-corrected chi connectivity index (χ2v) is 4.52. The van der Waals surface area contributed by atoms with Crippen LogP contribution in [0.15, 0.2) is 48.8 Å². The van der Waals surface area contributed by atoms with Crippen LogP contribution in [-0.4, -0.2) is 33.9 Å². The molecule has 0 unspecified atom stereocenters. The number of carbonyl (C=O) groups is 2. The van der Waals surface area contributed by atoms with Crippen molar-refractivity contribution in [2.24, 2.45) is 0 Å². The fraction of sp³-hybridized carbons (Fsp3) is 0.0667. The molecule has 0 aliphatic rings. The molecule has 0 aliphatic heterocycles. The Morgan fingerprint density at radius 2 is 1.73 bits per heavy atom. The van der Waals surface area contributed by atoms with Crippen LogP contribution in [0.2, 0.25) is 0 Å². The summed E-state index contributed by atoms with van der Waals surface area (Å²) in [5.41, 5.74) is 0.0761. The summed E-state index contributed by atoms with van der Waals surface area (Å²) in [6, 6.07) is 10.2. The van der Waals surface area contributed by atoms with Crippen molar-refractivity contribution in [1.82, 2.24) is 14.8 Å². The fourth-order valence-electron chi connectivity index (χ4n) is 1.99. The Hall–Kier alpha value is -3.22. The van der Waals surface area contributed by atoms with Crippen molar-refractivity contribution in [3.05, 3.63) is 54.5 Å². The molecule has 7 nitrogen and oxygen atoms in total. The first-order valence-electron chi connectivity index (χ1n) is 6.47. The first-order valence-corrected chi connectivity index (χ1v) is 6.47. The number of methoxy groups -OCH3 is 1. The molecule has 0 fully saturated rings. The number of benzene rings is 1. The minimum Gasteiger partial charge on any atom is -0.464 e. The molecule has 2 heterocycles. The molecular formula is C15H12N4O3. The van der Waals surface area contributed by atoms with Crippen LogP contribution >= 0.6 is 0 Å². The molecule has 7 heteroatoms. The van der Waals surface area contributed by atoms with Gasteiger partial charge in [0.2, 0.25) is 0 Å². The van der Waals surface area contributed by atoms with Crippen molar-refractivity contribution in [3.8, 4) is 0 Å². The van der Waals surface area contributed by atoms with Crippen LogP contribution < -0.4 is 5.32 Å². The van der Waals surface area contributed by atoms with Gasteiger partial charge in [0.05, 0.1) is 7.11 Å². The largest absolute Gasteiger partial charge is 0.464 e. The Morgan fingerprint density at radius 3 is 2.27 bits per heavy atom. The number of nitrogens with zero attached hydrogens (tertiary/aromatic N) is 3. The SMILES string of the molecule is COC(=O)c1ccc(NC(=O)n2cc3ccccc3c2)nn1. The maximum Gasteiger partial charge on any atom is 0.358 e. The molecule has 110 valence electrons. The lowest BCUT2D eigenvalue weighted by atomic mass is 10.2. The van der Waals surface area contributed by atoms with E-state index in [1.54, 1.807) is 12.4 Å². The third-order valence-electron chi connectivity index (χ3n) is 3.08. The number of aromatic nitrogens is 3. The van der Waals surface area contributed by atoms with E-state index in [4.69, 9.17) is 0 Å². The van der Waals surface area contributed by atoms with Crippen LogP contribution in [0.5, 0.6) is 0 Å². The van der Waals surface area contributed by atoms with Gasteiger partial charge in [-0.2, -0.15) is 0 Å². The summed E-state index contributed by atoms with van der Waals surface area (Å²) >= 11 is 0. The molecule has 3 aromatic rings. The van der Waals surface area contributed by atoms with Gasteiger partial charge >= 0.3 is 12.0 Å². The Bertz CT molecular complexity index is 806. The Morgan fingerprint density at radius 1 is 1.05 bits per heavy atom. The van der Waals surface area contributed by atoms with E-state index in [9.17, 15) is 9.59 Å². The van der Waals surface area contributed by atoms with Crippen LogP contribution in [0.1, 0.15) is 10.5 Å². The number of nitrogens with one attached hydrogen (secondary N) is 1. The van der Waals surface area contributed by atoms with Crippen LogP contribution in [0, 0.1) is 0 Å². The third-order valence-corrected chi connectivity index (χ3v) is 3.08. The minimum absolute atomic E-state index is 0.0761. The number of ether oxygens (including phenoxy) is 1. The average Bonchev–Trinajstić information content (AvgIpc) is 2.99. The lowest BCUT2D eigenvalue weighted by Gasteiger charge is -2.04. The lowest BCUT2D eigenvalue weighted by molar-refractivity contribution is 0.0593. The highest BCUT2D eigenvalue weighted by Gasteiger charge is 2.10. The van der Waals surface area contributed by atoms with Gasteiger partial charge < -0.3 is 4.74 Å². The van der Waals surface area contributed by atoms with E-state index < -0.39 is 5.97 Å². The van der Waals surface area contributed by atoms with Gasteiger partial charge in [-0.05, 0) is 22.9 Å². The van der Waals surface area contributed by atoms with Crippen LogP contribution in [0.25, 0.3) is 10.8 Å². The molecule has 1 amide bonds. The van der Waals surface area contributed by atoms with Crippen LogP contribution in [0.3, 0.4) is 0 Å². The molecular weight excluding hydrogens is 284 g/mol. The summed E-state index contributed by atoms with van der Waals surface area (Å²) in [5, 5.41) is 12.0. The van der Waals surface area contributed by atoms with E-state index in [-0.39, 0.29) is 17.5 Å². The van der Waals surface area contributed by atoms with E-state index in [2.05, 4.69) is 20.3 Å². The van der Waals surface area contributed by atoms with Crippen molar-refractivity contribution in [1.29, 1.82) is 0 Å². The average molecular weight is 296 g/mol. The van der Waals surface area contributed by atoms with Gasteiger partial charge in [-0.15, -0.1) is 10.2 Å². The molecule has 0 atom stereocenters. The monoisotopic (exact) mass is 296 g/mol. The summed E-state index contributed by atoms with van der Waals surface area (Å²) < 4.78 is 5.96. The van der Waals surface area contributed by atoms with Gasteiger partial charge in [0.15, 0.2) is 11.5 Å². The highest BCUT2D eigenvalue weighted by atomic mass is 16.5. The van der Waals surface area contributed by atoms with Crippen molar-refractivity contribution < 1.29 is 14.3 Å². The zero-order chi connectivity index (χ0) is 15.5. The Balaban J connectivity index is 1.77.